The molecule has 1 aliphatic heterocycles. The van der Waals surface area contributed by atoms with Crippen LogP contribution in [0.2, 0.25) is 0 Å². The summed E-state index contributed by atoms with van der Waals surface area (Å²) in [5.74, 6) is -0.150. The Bertz CT molecular complexity index is 1600. The highest BCUT2D eigenvalue weighted by Crippen LogP contribution is 2.32. The third kappa shape index (κ3) is 3.00. The number of hydrogen-bond donors (Lipinski definition) is 2. The number of aromatic nitrogens is 3. The van der Waals surface area contributed by atoms with Crippen LogP contribution in [0.25, 0.3) is 38.5 Å². The third-order valence-corrected chi connectivity index (χ3v) is 6.13. The molecule has 1 saturated heterocycles. The van der Waals surface area contributed by atoms with Gasteiger partial charge in [-0.2, -0.15) is 0 Å². The van der Waals surface area contributed by atoms with E-state index in [1.807, 2.05) is 28.7 Å². The number of nitrogens with two attached hydrogens (primary N) is 1. The number of amidine groups is 1. The number of morpholine rings is 1. The fourth-order valence-electron chi connectivity index (χ4n) is 4.62. The van der Waals surface area contributed by atoms with Crippen LogP contribution in [-0.2, 0) is 4.74 Å². The van der Waals surface area contributed by atoms with Crippen molar-refractivity contribution in [2.75, 3.05) is 31.2 Å². The first-order valence-corrected chi connectivity index (χ1v) is 10.6. The highest BCUT2D eigenvalue weighted by molar-refractivity contribution is 6.13. The Balaban J connectivity index is 1.78. The van der Waals surface area contributed by atoms with E-state index in [0.717, 1.165) is 46.9 Å². The second-order valence-electron chi connectivity index (χ2n) is 7.93. The summed E-state index contributed by atoms with van der Waals surface area (Å²) in [7, 11) is 0. The molecule has 1 fully saturated rings. The molecular formula is C24H20FN7O. The predicted molar refractivity (Wildman–Crippen MR) is 128 cm³/mol. The molecule has 0 saturated carbocycles. The fourth-order valence-corrected chi connectivity index (χ4v) is 4.62. The number of imidazole rings is 1. The number of fused-ring (bicyclic) bond motifs is 4. The van der Waals surface area contributed by atoms with Crippen LogP contribution in [0.3, 0.4) is 0 Å². The maximum absolute atomic E-state index is 14.6. The molecule has 6 rings (SSSR count). The first-order valence-electron chi connectivity index (χ1n) is 10.6. The topological polar surface area (TPSA) is 105 Å². The Morgan fingerprint density at radius 3 is 2.73 bits per heavy atom. The van der Waals surface area contributed by atoms with Crippen LogP contribution in [0, 0.1) is 11.2 Å². The number of aliphatic imine (C=N–C) groups is 1. The summed E-state index contributed by atoms with van der Waals surface area (Å²) in [6.45, 7) is 2.78. The van der Waals surface area contributed by atoms with Gasteiger partial charge in [0.05, 0.1) is 24.2 Å². The zero-order valence-electron chi connectivity index (χ0n) is 17.6. The number of rotatable bonds is 3. The summed E-state index contributed by atoms with van der Waals surface area (Å²) in [5.41, 5.74) is 11.2. The molecule has 8 nitrogen and oxygen atoms in total. The molecule has 9 heteroatoms. The highest BCUT2D eigenvalue weighted by Gasteiger charge is 2.20. The summed E-state index contributed by atoms with van der Waals surface area (Å²) in [6.07, 6.45) is 2.54. The van der Waals surface area contributed by atoms with Gasteiger partial charge in [0.2, 0.25) is 0 Å². The van der Waals surface area contributed by atoms with Crippen molar-refractivity contribution in [3.63, 3.8) is 0 Å². The van der Waals surface area contributed by atoms with Crippen molar-refractivity contribution >= 4 is 56.3 Å². The minimum absolute atomic E-state index is 0.216. The van der Waals surface area contributed by atoms with Gasteiger partial charge < -0.3 is 15.4 Å². The lowest BCUT2D eigenvalue weighted by Crippen LogP contribution is -2.36. The molecule has 4 heterocycles. The van der Waals surface area contributed by atoms with E-state index in [9.17, 15) is 4.39 Å². The fraction of sp³-hybridized carbons (Fsp3) is 0.167. The van der Waals surface area contributed by atoms with Gasteiger partial charge in [-0.25, -0.2) is 14.4 Å². The number of nitrogens with one attached hydrogen (secondary N) is 1. The molecule has 0 bridgehead atoms. The monoisotopic (exact) mass is 441 g/mol. The van der Waals surface area contributed by atoms with Crippen LogP contribution in [0.15, 0.2) is 53.7 Å². The van der Waals surface area contributed by atoms with Gasteiger partial charge in [0.25, 0.3) is 0 Å². The summed E-state index contributed by atoms with van der Waals surface area (Å²) in [4.78, 5) is 15.4. The van der Waals surface area contributed by atoms with Crippen LogP contribution in [0.5, 0.6) is 0 Å². The second kappa shape index (κ2) is 7.49. The van der Waals surface area contributed by atoms with Crippen LogP contribution < -0.4 is 10.6 Å². The SMILES string of the molecule is N=CN=C(N)c1cc(N2CCOCC2)cc2c1nc1ccc3ccc(F)c4nccc(c34)n12. The molecule has 33 heavy (non-hydrogen) atoms. The molecule has 2 aromatic carbocycles. The van der Waals surface area contributed by atoms with E-state index in [4.69, 9.17) is 20.9 Å². The van der Waals surface area contributed by atoms with Crippen molar-refractivity contribution in [1.82, 2.24) is 14.4 Å². The van der Waals surface area contributed by atoms with Crippen molar-refractivity contribution in [1.29, 1.82) is 5.41 Å². The first-order chi connectivity index (χ1) is 16.2. The number of halogens is 1. The average Bonchev–Trinajstić information content (AvgIpc) is 3.13. The standard InChI is InChI=1S/C24H20FN7O/c25-17-3-1-14-2-4-20-30-22-16(24(27)29-13-26)11-15(31-7-9-33-10-8-31)12-19(22)32(20)18-5-6-28-23(17)21(14)18/h1-6,11-13H,7-10H2,(H3,26,27,29). The largest absolute Gasteiger partial charge is 0.383 e. The molecule has 1 aliphatic rings. The Labute approximate surface area is 187 Å². The number of benzene rings is 2. The molecule has 0 spiro atoms. The molecule has 5 aromatic rings. The van der Waals surface area contributed by atoms with Crippen molar-refractivity contribution in [3.05, 3.63) is 60.0 Å². The van der Waals surface area contributed by atoms with Gasteiger partial charge in [0.1, 0.15) is 34.7 Å². The van der Waals surface area contributed by atoms with Crippen LogP contribution in [0.4, 0.5) is 10.1 Å². The minimum Gasteiger partial charge on any atom is -0.383 e. The quantitative estimate of drug-likeness (QED) is 0.329. The maximum atomic E-state index is 14.6. The maximum Gasteiger partial charge on any atom is 0.149 e. The number of anilines is 1. The minimum atomic E-state index is -0.367. The van der Waals surface area contributed by atoms with Crippen molar-refractivity contribution in [2.45, 2.75) is 0 Å². The van der Waals surface area contributed by atoms with Gasteiger partial charge in [0, 0.05) is 35.9 Å². The van der Waals surface area contributed by atoms with Crippen molar-refractivity contribution < 1.29 is 9.13 Å². The number of nitrogens with zero attached hydrogens (tertiary/aromatic N) is 5. The lowest BCUT2D eigenvalue weighted by molar-refractivity contribution is 0.122. The van der Waals surface area contributed by atoms with E-state index in [0.29, 0.717) is 35.5 Å². The third-order valence-electron chi connectivity index (χ3n) is 6.13. The first kappa shape index (κ1) is 19.6. The molecular weight excluding hydrogens is 421 g/mol. The van der Waals surface area contributed by atoms with Crippen LogP contribution >= 0.6 is 0 Å². The van der Waals surface area contributed by atoms with E-state index in [-0.39, 0.29) is 11.7 Å². The molecule has 3 aromatic heterocycles. The Morgan fingerprint density at radius 1 is 1.09 bits per heavy atom. The van der Waals surface area contributed by atoms with E-state index in [1.165, 1.54) is 6.07 Å². The zero-order valence-corrected chi connectivity index (χ0v) is 17.6. The second-order valence-corrected chi connectivity index (χ2v) is 7.93. The Hall–Kier alpha value is -4.11. The Morgan fingerprint density at radius 2 is 1.91 bits per heavy atom. The number of ether oxygens (including phenoxy) is 1. The molecule has 0 amide bonds. The predicted octanol–water partition coefficient (Wildman–Crippen LogP) is 3.48. The molecule has 0 unspecified atom stereocenters. The smallest absolute Gasteiger partial charge is 0.149 e. The van der Waals surface area contributed by atoms with Gasteiger partial charge in [-0.3, -0.25) is 14.8 Å². The molecule has 0 atom stereocenters. The summed E-state index contributed by atoms with van der Waals surface area (Å²) < 4.78 is 22.2. The van der Waals surface area contributed by atoms with E-state index >= 15 is 0 Å². The molecule has 164 valence electrons. The average molecular weight is 441 g/mol. The summed E-state index contributed by atoms with van der Waals surface area (Å²) in [5, 5.41) is 8.98. The molecule has 3 N–H and O–H groups in total. The summed E-state index contributed by atoms with van der Waals surface area (Å²) >= 11 is 0. The van der Waals surface area contributed by atoms with Gasteiger partial charge in [-0.05, 0) is 35.7 Å². The normalized spacial score (nSPS) is 15.2. The van der Waals surface area contributed by atoms with Crippen LogP contribution in [0.1, 0.15) is 5.56 Å². The molecule has 0 radical (unpaired) electrons. The van der Waals surface area contributed by atoms with Gasteiger partial charge >= 0.3 is 0 Å². The van der Waals surface area contributed by atoms with Crippen molar-refractivity contribution in [3.8, 4) is 0 Å². The van der Waals surface area contributed by atoms with Gasteiger partial charge in [-0.15, -0.1) is 0 Å². The van der Waals surface area contributed by atoms with Crippen molar-refractivity contribution in [2.24, 2.45) is 10.7 Å². The number of hydrogen-bond acceptors (Lipinski definition) is 5. The number of pyridine rings is 1. The summed E-state index contributed by atoms with van der Waals surface area (Å²) in [6, 6.07) is 12.9. The zero-order chi connectivity index (χ0) is 22.5. The highest BCUT2D eigenvalue weighted by atomic mass is 19.1. The Kier molecular flexibility index (Phi) is 4.44. The van der Waals surface area contributed by atoms with E-state index in [1.54, 1.807) is 12.3 Å². The lowest BCUT2D eigenvalue weighted by Gasteiger charge is -2.29. The van der Waals surface area contributed by atoms with Gasteiger partial charge in [-0.1, -0.05) is 12.1 Å². The van der Waals surface area contributed by atoms with E-state index < -0.39 is 0 Å². The lowest BCUT2D eigenvalue weighted by atomic mass is 10.1. The molecule has 0 aliphatic carbocycles. The van der Waals surface area contributed by atoms with Crippen LogP contribution in [-0.4, -0.2) is 52.8 Å². The van der Waals surface area contributed by atoms with Gasteiger partial charge in [0.15, 0.2) is 0 Å². The van der Waals surface area contributed by atoms with E-state index in [2.05, 4.69) is 20.9 Å².